The lowest BCUT2D eigenvalue weighted by molar-refractivity contribution is -0.384. The standard InChI is InChI=1S/C17H15N5O2/c1-11-3-6-14(22(23)24)9-16(11)21-17-18-8-7-15(20-17)13-5-4-12(2)19-10-13/h3-10H,1-2H3,(H,18,20,21). The van der Waals surface area contributed by atoms with Crippen LogP contribution in [0.5, 0.6) is 0 Å². The van der Waals surface area contributed by atoms with E-state index in [1.165, 1.54) is 12.1 Å². The van der Waals surface area contributed by atoms with E-state index in [0.717, 1.165) is 22.5 Å². The molecule has 0 saturated carbocycles. The third-order valence-corrected chi connectivity index (χ3v) is 3.54. The molecule has 0 saturated heterocycles. The van der Waals surface area contributed by atoms with Crippen LogP contribution >= 0.6 is 0 Å². The van der Waals surface area contributed by atoms with E-state index in [0.29, 0.717) is 11.6 Å². The van der Waals surface area contributed by atoms with Crippen molar-refractivity contribution in [2.75, 3.05) is 5.32 Å². The molecule has 0 aliphatic heterocycles. The Morgan fingerprint density at radius 3 is 2.62 bits per heavy atom. The molecule has 1 N–H and O–H groups in total. The van der Waals surface area contributed by atoms with E-state index >= 15 is 0 Å². The topological polar surface area (TPSA) is 93.8 Å². The van der Waals surface area contributed by atoms with Gasteiger partial charge in [-0.15, -0.1) is 0 Å². The maximum atomic E-state index is 10.9. The molecule has 0 spiro atoms. The van der Waals surface area contributed by atoms with Crippen LogP contribution in [0.3, 0.4) is 0 Å². The van der Waals surface area contributed by atoms with E-state index in [-0.39, 0.29) is 5.69 Å². The fourth-order valence-corrected chi connectivity index (χ4v) is 2.18. The van der Waals surface area contributed by atoms with Crippen molar-refractivity contribution >= 4 is 17.3 Å². The first-order valence-corrected chi connectivity index (χ1v) is 7.31. The van der Waals surface area contributed by atoms with Crippen LogP contribution in [-0.2, 0) is 0 Å². The number of benzene rings is 1. The molecule has 2 heterocycles. The molecule has 0 aliphatic carbocycles. The first-order chi connectivity index (χ1) is 11.5. The quantitative estimate of drug-likeness (QED) is 0.580. The molecule has 7 nitrogen and oxygen atoms in total. The normalized spacial score (nSPS) is 10.4. The molecular weight excluding hydrogens is 306 g/mol. The van der Waals surface area contributed by atoms with Gasteiger partial charge in [0.25, 0.3) is 5.69 Å². The Labute approximate surface area is 138 Å². The van der Waals surface area contributed by atoms with Gasteiger partial charge in [0.2, 0.25) is 5.95 Å². The van der Waals surface area contributed by atoms with Crippen LogP contribution in [0.1, 0.15) is 11.3 Å². The van der Waals surface area contributed by atoms with E-state index in [1.807, 2.05) is 26.0 Å². The van der Waals surface area contributed by atoms with Crippen molar-refractivity contribution < 1.29 is 4.92 Å². The van der Waals surface area contributed by atoms with Crippen LogP contribution in [0, 0.1) is 24.0 Å². The third-order valence-electron chi connectivity index (χ3n) is 3.54. The van der Waals surface area contributed by atoms with Crippen LogP contribution in [0.2, 0.25) is 0 Å². The van der Waals surface area contributed by atoms with Crippen molar-refractivity contribution in [2.24, 2.45) is 0 Å². The first kappa shape index (κ1) is 15.5. The average Bonchev–Trinajstić information content (AvgIpc) is 2.57. The number of aromatic nitrogens is 3. The van der Waals surface area contributed by atoms with E-state index in [1.54, 1.807) is 24.5 Å². The predicted molar refractivity (Wildman–Crippen MR) is 91.1 cm³/mol. The van der Waals surface area contributed by atoms with Gasteiger partial charge in [-0.1, -0.05) is 6.07 Å². The van der Waals surface area contributed by atoms with E-state index < -0.39 is 4.92 Å². The van der Waals surface area contributed by atoms with Crippen molar-refractivity contribution in [2.45, 2.75) is 13.8 Å². The molecule has 2 aromatic heterocycles. The molecule has 0 unspecified atom stereocenters. The summed E-state index contributed by atoms with van der Waals surface area (Å²) in [6, 6.07) is 10.3. The van der Waals surface area contributed by atoms with Gasteiger partial charge in [0, 0.05) is 35.8 Å². The Balaban J connectivity index is 1.91. The number of hydrogen-bond acceptors (Lipinski definition) is 6. The highest BCUT2D eigenvalue weighted by Gasteiger charge is 2.10. The number of nitro groups is 1. The summed E-state index contributed by atoms with van der Waals surface area (Å²) in [6.45, 7) is 3.78. The summed E-state index contributed by atoms with van der Waals surface area (Å²) < 4.78 is 0. The Bertz CT molecular complexity index is 894. The SMILES string of the molecule is Cc1ccc(-c2ccnc(Nc3cc([N+](=O)[O-])ccc3C)n2)cn1. The smallest absolute Gasteiger partial charge is 0.271 e. The molecule has 0 aliphatic rings. The van der Waals surface area contributed by atoms with Crippen molar-refractivity contribution in [3.8, 4) is 11.3 Å². The molecular formula is C17H15N5O2. The van der Waals surface area contributed by atoms with Crippen LogP contribution in [0.25, 0.3) is 11.3 Å². The van der Waals surface area contributed by atoms with Crippen LogP contribution in [0.4, 0.5) is 17.3 Å². The van der Waals surface area contributed by atoms with Gasteiger partial charge >= 0.3 is 0 Å². The number of anilines is 2. The van der Waals surface area contributed by atoms with Crippen LogP contribution in [-0.4, -0.2) is 19.9 Å². The summed E-state index contributed by atoms with van der Waals surface area (Å²) in [5, 5.41) is 14.0. The molecule has 0 bridgehead atoms. The Hall–Kier alpha value is -3.35. The lowest BCUT2D eigenvalue weighted by Gasteiger charge is -2.09. The fraction of sp³-hybridized carbons (Fsp3) is 0.118. The molecule has 24 heavy (non-hydrogen) atoms. The van der Waals surface area contributed by atoms with Crippen molar-refractivity contribution in [3.63, 3.8) is 0 Å². The minimum Gasteiger partial charge on any atom is -0.324 e. The summed E-state index contributed by atoms with van der Waals surface area (Å²) in [4.78, 5) is 23.4. The molecule has 0 radical (unpaired) electrons. The molecule has 120 valence electrons. The molecule has 3 aromatic rings. The van der Waals surface area contributed by atoms with Gasteiger partial charge in [0.15, 0.2) is 0 Å². The van der Waals surface area contributed by atoms with Crippen molar-refractivity contribution in [1.82, 2.24) is 15.0 Å². The highest BCUT2D eigenvalue weighted by atomic mass is 16.6. The van der Waals surface area contributed by atoms with Crippen LogP contribution in [0.15, 0.2) is 48.8 Å². The van der Waals surface area contributed by atoms with E-state index in [9.17, 15) is 10.1 Å². The van der Waals surface area contributed by atoms with Gasteiger partial charge in [0.1, 0.15) is 0 Å². The van der Waals surface area contributed by atoms with Crippen LogP contribution < -0.4 is 5.32 Å². The molecule has 1 aromatic carbocycles. The Kier molecular flexibility index (Phi) is 4.15. The maximum Gasteiger partial charge on any atom is 0.271 e. The minimum atomic E-state index is -0.431. The minimum absolute atomic E-state index is 0.0157. The fourth-order valence-electron chi connectivity index (χ4n) is 2.18. The zero-order chi connectivity index (χ0) is 17.1. The Morgan fingerprint density at radius 1 is 1.08 bits per heavy atom. The predicted octanol–water partition coefficient (Wildman–Crippen LogP) is 3.81. The van der Waals surface area contributed by atoms with Gasteiger partial charge in [0.05, 0.1) is 16.3 Å². The number of nitrogens with zero attached hydrogens (tertiary/aromatic N) is 4. The van der Waals surface area contributed by atoms with Gasteiger partial charge in [-0.2, -0.15) is 0 Å². The number of non-ortho nitro benzene ring substituents is 1. The number of hydrogen-bond donors (Lipinski definition) is 1. The summed E-state index contributed by atoms with van der Waals surface area (Å²) in [7, 11) is 0. The largest absolute Gasteiger partial charge is 0.324 e. The lowest BCUT2D eigenvalue weighted by Crippen LogP contribution is -2.00. The molecule has 0 amide bonds. The third kappa shape index (κ3) is 3.35. The highest BCUT2D eigenvalue weighted by Crippen LogP contribution is 2.25. The Morgan fingerprint density at radius 2 is 1.92 bits per heavy atom. The maximum absolute atomic E-state index is 10.9. The van der Waals surface area contributed by atoms with Gasteiger partial charge in [-0.25, -0.2) is 9.97 Å². The molecule has 0 fully saturated rings. The summed E-state index contributed by atoms with van der Waals surface area (Å²) in [5.74, 6) is 0.372. The van der Waals surface area contributed by atoms with Crippen molar-refractivity contribution in [3.05, 3.63) is 70.2 Å². The second-order valence-corrected chi connectivity index (χ2v) is 5.34. The number of aryl methyl sites for hydroxylation is 2. The van der Waals surface area contributed by atoms with Gasteiger partial charge in [-0.3, -0.25) is 15.1 Å². The monoisotopic (exact) mass is 321 g/mol. The first-order valence-electron chi connectivity index (χ1n) is 7.31. The average molecular weight is 321 g/mol. The molecule has 0 atom stereocenters. The highest BCUT2D eigenvalue weighted by molar-refractivity contribution is 5.64. The number of rotatable bonds is 4. The number of nitro benzene ring substituents is 1. The molecule has 3 rings (SSSR count). The number of pyridine rings is 1. The summed E-state index contributed by atoms with van der Waals surface area (Å²) in [6.07, 6.45) is 3.39. The van der Waals surface area contributed by atoms with E-state index in [4.69, 9.17) is 0 Å². The summed E-state index contributed by atoms with van der Waals surface area (Å²) in [5.41, 5.74) is 4.01. The van der Waals surface area contributed by atoms with Gasteiger partial charge in [-0.05, 0) is 37.6 Å². The van der Waals surface area contributed by atoms with Crippen molar-refractivity contribution in [1.29, 1.82) is 0 Å². The zero-order valence-electron chi connectivity index (χ0n) is 13.2. The van der Waals surface area contributed by atoms with E-state index in [2.05, 4.69) is 20.3 Å². The number of nitrogens with one attached hydrogen (secondary N) is 1. The lowest BCUT2D eigenvalue weighted by atomic mass is 10.2. The second-order valence-electron chi connectivity index (χ2n) is 5.34. The zero-order valence-corrected chi connectivity index (χ0v) is 13.2. The van der Waals surface area contributed by atoms with Gasteiger partial charge < -0.3 is 5.32 Å². The second kappa shape index (κ2) is 6.41. The molecule has 7 heteroatoms. The summed E-state index contributed by atoms with van der Waals surface area (Å²) >= 11 is 0.